The number of amidine groups is 1. The van der Waals surface area contributed by atoms with Gasteiger partial charge in [-0.1, -0.05) is 12.1 Å². The molecule has 0 bridgehead atoms. The molecular weight excluding hydrogens is 443 g/mol. The Kier molecular flexibility index (Phi) is 4.33. The number of rotatable bonds is 5. The number of nitrogens with zero attached hydrogens (tertiary/aromatic N) is 4. The molecule has 178 valence electrons. The first-order valence-corrected chi connectivity index (χ1v) is 12.5. The van der Waals surface area contributed by atoms with Crippen LogP contribution in [0.1, 0.15) is 31.2 Å². The minimum Gasteiger partial charge on any atom is -0.351 e. The van der Waals surface area contributed by atoms with Crippen molar-refractivity contribution in [1.29, 1.82) is 0 Å². The van der Waals surface area contributed by atoms with Gasteiger partial charge in [-0.3, -0.25) is 19.5 Å². The predicted molar refractivity (Wildman–Crippen MR) is 131 cm³/mol. The first-order valence-electron chi connectivity index (χ1n) is 12.5. The summed E-state index contributed by atoms with van der Waals surface area (Å²) in [6.45, 7) is 1.82. The van der Waals surface area contributed by atoms with Gasteiger partial charge in [0, 0.05) is 55.6 Å². The molecule has 1 spiro atoms. The lowest BCUT2D eigenvalue weighted by molar-refractivity contribution is -0.139. The van der Waals surface area contributed by atoms with Crippen molar-refractivity contribution in [3.63, 3.8) is 0 Å². The van der Waals surface area contributed by atoms with E-state index in [1.54, 1.807) is 17.0 Å². The highest BCUT2D eigenvalue weighted by Crippen LogP contribution is 2.46. The number of aryl methyl sites for hydroxylation is 1. The number of benzene rings is 2. The molecule has 1 aromatic heterocycles. The molecule has 6 nitrogen and oxygen atoms in total. The molecule has 35 heavy (non-hydrogen) atoms. The molecule has 0 atom stereocenters. The summed E-state index contributed by atoms with van der Waals surface area (Å²) in [6.07, 6.45) is 5.45. The predicted octanol–water partition coefficient (Wildman–Crippen LogP) is 3.97. The van der Waals surface area contributed by atoms with Gasteiger partial charge in [0.15, 0.2) is 0 Å². The normalized spacial score (nSPS) is 21.1. The Bertz CT molecular complexity index is 1430. The smallest absolute Gasteiger partial charge is 0.256 e. The highest BCUT2D eigenvalue weighted by Gasteiger charge is 2.58. The zero-order chi connectivity index (χ0) is 23.9. The summed E-state index contributed by atoms with van der Waals surface area (Å²) in [7, 11) is 2.00. The Morgan fingerprint density at radius 2 is 1.83 bits per heavy atom. The van der Waals surface area contributed by atoms with Crippen LogP contribution in [0.3, 0.4) is 0 Å². The third-order valence-corrected chi connectivity index (χ3v) is 8.01. The number of aromatic nitrogens is 1. The van der Waals surface area contributed by atoms with Gasteiger partial charge in [0.05, 0.1) is 5.56 Å². The van der Waals surface area contributed by atoms with Crippen molar-refractivity contribution >= 4 is 28.6 Å². The van der Waals surface area contributed by atoms with Gasteiger partial charge in [0.1, 0.15) is 17.2 Å². The fourth-order valence-electron chi connectivity index (χ4n) is 5.53. The third kappa shape index (κ3) is 3.32. The topological polar surface area (TPSA) is 57.9 Å². The molecule has 3 aromatic rings. The quantitative estimate of drug-likeness (QED) is 0.567. The van der Waals surface area contributed by atoms with Crippen molar-refractivity contribution in [3.8, 4) is 11.1 Å². The maximum Gasteiger partial charge on any atom is 0.256 e. The average molecular weight is 471 g/mol. The molecule has 0 radical (unpaired) electrons. The number of halogens is 1. The van der Waals surface area contributed by atoms with Crippen LogP contribution >= 0.6 is 0 Å². The minimum atomic E-state index is -0.688. The average Bonchev–Trinajstić information content (AvgIpc) is 3.75. The van der Waals surface area contributed by atoms with E-state index in [1.807, 2.05) is 36.3 Å². The van der Waals surface area contributed by atoms with Crippen molar-refractivity contribution in [3.05, 3.63) is 60.0 Å². The molecule has 7 heteroatoms. The summed E-state index contributed by atoms with van der Waals surface area (Å²) < 4.78 is 17.6. The fraction of sp³-hybridized carbons (Fsp3) is 0.393. The van der Waals surface area contributed by atoms with Crippen molar-refractivity contribution in [2.45, 2.75) is 31.2 Å². The lowest BCUT2D eigenvalue weighted by Crippen LogP contribution is -2.55. The molecule has 1 saturated heterocycles. The van der Waals surface area contributed by atoms with Gasteiger partial charge in [0.2, 0.25) is 5.91 Å². The van der Waals surface area contributed by atoms with Crippen LogP contribution in [0, 0.1) is 17.7 Å². The summed E-state index contributed by atoms with van der Waals surface area (Å²) in [5, 5.41) is 1.11. The number of carbonyl (C=O) groups is 2. The maximum absolute atomic E-state index is 15.5. The summed E-state index contributed by atoms with van der Waals surface area (Å²) in [5.41, 5.74) is 2.55. The Morgan fingerprint density at radius 1 is 1.09 bits per heavy atom. The molecule has 2 saturated carbocycles. The highest BCUT2D eigenvalue weighted by atomic mass is 19.1. The monoisotopic (exact) mass is 470 g/mol. The number of carbonyl (C=O) groups excluding carboxylic acids is 2. The minimum absolute atomic E-state index is 0.0162. The lowest BCUT2D eigenvalue weighted by Gasteiger charge is -2.41. The van der Waals surface area contributed by atoms with E-state index < -0.39 is 5.54 Å². The third-order valence-electron chi connectivity index (χ3n) is 8.01. The van der Waals surface area contributed by atoms with Crippen LogP contribution in [0.25, 0.3) is 22.0 Å². The van der Waals surface area contributed by atoms with Gasteiger partial charge < -0.3 is 9.47 Å². The van der Waals surface area contributed by atoms with E-state index in [0.717, 1.165) is 47.7 Å². The van der Waals surface area contributed by atoms with Crippen LogP contribution in [0.5, 0.6) is 0 Å². The molecule has 0 unspecified atom stereocenters. The van der Waals surface area contributed by atoms with E-state index in [9.17, 15) is 9.59 Å². The van der Waals surface area contributed by atoms with Gasteiger partial charge >= 0.3 is 0 Å². The molecule has 2 aromatic carbocycles. The van der Waals surface area contributed by atoms with Gasteiger partial charge in [-0.05, 0) is 67.1 Å². The number of aliphatic imine (C=N–C) groups is 1. The second kappa shape index (κ2) is 7.26. The summed E-state index contributed by atoms with van der Waals surface area (Å²) in [5.74, 6) is 0.729. The molecule has 2 aliphatic heterocycles. The lowest BCUT2D eigenvalue weighted by atomic mass is 9.97. The second-order valence-corrected chi connectivity index (χ2v) is 10.7. The van der Waals surface area contributed by atoms with Crippen LogP contribution in [0.15, 0.2) is 53.7 Å². The van der Waals surface area contributed by atoms with Gasteiger partial charge in [-0.15, -0.1) is 0 Å². The Labute approximate surface area is 203 Å². The Balaban J connectivity index is 1.14. The van der Waals surface area contributed by atoms with Crippen LogP contribution in [-0.2, 0) is 16.6 Å². The van der Waals surface area contributed by atoms with Gasteiger partial charge in [0.25, 0.3) is 5.91 Å². The molecule has 2 amide bonds. The van der Waals surface area contributed by atoms with E-state index in [1.165, 1.54) is 0 Å². The van der Waals surface area contributed by atoms with E-state index in [0.29, 0.717) is 31.0 Å². The fourth-order valence-corrected chi connectivity index (χ4v) is 5.53. The van der Waals surface area contributed by atoms with Crippen molar-refractivity contribution in [1.82, 2.24) is 14.4 Å². The molecule has 3 heterocycles. The Morgan fingerprint density at radius 3 is 2.54 bits per heavy atom. The van der Waals surface area contributed by atoms with E-state index >= 15 is 4.39 Å². The van der Waals surface area contributed by atoms with E-state index in [4.69, 9.17) is 4.99 Å². The number of fused-ring (bicyclic) bond motifs is 1. The second-order valence-electron chi connectivity index (χ2n) is 10.7. The summed E-state index contributed by atoms with van der Waals surface area (Å²) >= 11 is 0. The van der Waals surface area contributed by atoms with E-state index in [2.05, 4.69) is 16.7 Å². The SMILES string of the molecule is Cn1ccc2cc(-c3ccc(C4=NC5(CC5)C(=O)N4CC4CN(C(=O)C5CC5)C4)c(F)c3)ccc21. The van der Waals surface area contributed by atoms with Crippen LogP contribution < -0.4 is 0 Å². The summed E-state index contributed by atoms with van der Waals surface area (Å²) in [4.78, 5) is 33.8. The largest absolute Gasteiger partial charge is 0.351 e. The standard InChI is InChI=1S/C28H27FN4O2/c1-31-11-8-21-12-19(5-7-24(21)31)20-4-6-22(23(29)13-20)25-30-28(9-10-28)27(35)33(25)16-17-14-32(15-17)26(34)18-2-3-18/h4-8,11-13,17-18H,2-3,9-10,14-16H2,1H3. The zero-order valence-corrected chi connectivity index (χ0v) is 19.7. The first-order chi connectivity index (χ1) is 16.9. The first kappa shape index (κ1) is 20.9. The van der Waals surface area contributed by atoms with Crippen LogP contribution in [0.2, 0.25) is 0 Å². The molecular formula is C28H27FN4O2. The van der Waals surface area contributed by atoms with Crippen LogP contribution in [-0.4, -0.2) is 57.2 Å². The molecule has 2 aliphatic carbocycles. The molecule has 7 rings (SSSR count). The Hall–Kier alpha value is -3.48. The van der Waals surface area contributed by atoms with Crippen molar-refractivity contribution < 1.29 is 14.0 Å². The zero-order valence-electron chi connectivity index (χ0n) is 19.7. The van der Waals surface area contributed by atoms with Crippen molar-refractivity contribution in [2.75, 3.05) is 19.6 Å². The summed E-state index contributed by atoms with van der Waals surface area (Å²) in [6, 6.07) is 13.4. The number of likely N-dealkylation sites (tertiary alicyclic amines) is 1. The van der Waals surface area contributed by atoms with Crippen molar-refractivity contribution in [2.24, 2.45) is 23.9 Å². The number of hydrogen-bond donors (Lipinski definition) is 0. The maximum atomic E-state index is 15.5. The molecule has 3 fully saturated rings. The molecule has 4 aliphatic rings. The molecule has 0 N–H and O–H groups in total. The van der Waals surface area contributed by atoms with E-state index in [-0.39, 0.29) is 29.5 Å². The number of amides is 2. The van der Waals surface area contributed by atoms with Crippen LogP contribution in [0.4, 0.5) is 4.39 Å². The highest BCUT2D eigenvalue weighted by molar-refractivity contribution is 6.16. The van der Waals surface area contributed by atoms with Gasteiger partial charge in [-0.2, -0.15) is 0 Å². The van der Waals surface area contributed by atoms with Gasteiger partial charge in [-0.25, -0.2) is 4.39 Å². The number of hydrogen-bond acceptors (Lipinski definition) is 3.